The molecule has 156 valence electrons. The van der Waals surface area contributed by atoms with Crippen LogP contribution >= 0.6 is 35.4 Å². The SMILES string of the molecule is CCc1ccc(C(=O)NC(=S)Nc2cccc(-c3nc4cc(Cl)cc(Cl)c4o3)c2)cc1. The number of fused-ring (bicyclic) bond motifs is 1. The normalized spacial score (nSPS) is 10.8. The van der Waals surface area contributed by atoms with E-state index in [1.165, 1.54) is 0 Å². The minimum absolute atomic E-state index is 0.189. The minimum Gasteiger partial charge on any atom is -0.435 e. The number of benzene rings is 3. The third-order valence-electron chi connectivity index (χ3n) is 4.63. The number of carbonyl (C=O) groups excluding carboxylic acids is 1. The molecule has 0 fully saturated rings. The quantitative estimate of drug-likeness (QED) is 0.334. The Hall–Kier alpha value is -2.93. The van der Waals surface area contributed by atoms with Gasteiger partial charge in [0.1, 0.15) is 5.52 Å². The lowest BCUT2D eigenvalue weighted by atomic mass is 10.1. The predicted octanol–water partition coefficient (Wildman–Crippen LogP) is 6.49. The van der Waals surface area contributed by atoms with Gasteiger partial charge in [0, 0.05) is 21.8 Å². The number of thiocarbonyl (C=S) groups is 1. The molecule has 31 heavy (non-hydrogen) atoms. The van der Waals surface area contributed by atoms with Gasteiger partial charge < -0.3 is 9.73 Å². The van der Waals surface area contributed by atoms with E-state index in [1.54, 1.807) is 24.3 Å². The van der Waals surface area contributed by atoms with Gasteiger partial charge in [-0.3, -0.25) is 10.1 Å². The Kier molecular flexibility index (Phi) is 6.23. The van der Waals surface area contributed by atoms with Crippen LogP contribution in [-0.4, -0.2) is 16.0 Å². The molecule has 0 aliphatic carbocycles. The Balaban J connectivity index is 1.48. The molecule has 4 aromatic rings. The number of carbonyl (C=O) groups is 1. The van der Waals surface area contributed by atoms with Crippen molar-refractivity contribution < 1.29 is 9.21 Å². The number of amides is 1. The van der Waals surface area contributed by atoms with Gasteiger partial charge in [0.05, 0.1) is 5.02 Å². The molecule has 0 saturated heterocycles. The summed E-state index contributed by atoms with van der Waals surface area (Å²) in [7, 11) is 0. The van der Waals surface area contributed by atoms with Gasteiger partial charge in [0.15, 0.2) is 10.7 Å². The molecule has 1 aromatic heterocycles. The number of hydrogen-bond donors (Lipinski definition) is 2. The molecule has 1 amide bonds. The largest absolute Gasteiger partial charge is 0.435 e. The summed E-state index contributed by atoms with van der Waals surface area (Å²) in [6.45, 7) is 2.06. The second-order valence-corrected chi connectivity index (χ2v) is 8.05. The summed E-state index contributed by atoms with van der Waals surface area (Å²) in [6, 6.07) is 18.0. The molecule has 0 aliphatic heterocycles. The number of hydrogen-bond acceptors (Lipinski definition) is 4. The fraction of sp³-hybridized carbons (Fsp3) is 0.0870. The van der Waals surface area contributed by atoms with Crippen LogP contribution in [0, 0.1) is 0 Å². The molecule has 3 aromatic carbocycles. The van der Waals surface area contributed by atoms with Crippen LogP contribution in [0.4, 0.5) is 5.69 Å². The lowest BCUT2D eigenvalue weighted by molar-refractivity contribution is 0.0977. The first kappa shape index (κ1) is 21.3. The maximum atomic E-state index is 12.4. The zero-order chi connectivity index (χ0) is 22.0. The van der Waals surface area contributed by atoms with Gasteiger partial charge in [-0.25, -0.2) is 4.98 Å². The number of anilines is 1. The molecule has 0 atom stereocenters. The molecule has 0 aliphatic rings. The van der Waals surface area contributed by atoms with E-state index < -0.39 is 0 Å². The molecular weight excluding hydrogens is 453 g/mol. The summed E-state index contributed by atoms with van der Waals surface area (Å²) in [5, 5.41) is 6.77. The zero-order valence-electron chi connectivity index (χ0n) is 16.4. The monoisotopic (exact) mass is 469 g/mol. The molecule has 8 heteroatoms. The van der Waals surface area contributed by atoms with E-state index in [-0.39, 0.29) is 11.0 Å². The topological polar surface area (TPSA) is 67.2 Å². The molecule has 0 saturated carbocycles. The van der Waals surface area contributed by atoms with Crippen LogP contribution in [0.25, 0.3) is 22.6 Å². The number of aromatic nitrogens is 1. The molecule has 0 bridgehead atoms. The average molecular weight is 470 g/mol. The molecule has 0 spiro atoms. The van der Waals surface area contributed by atoms with Crippen molar-refractivity contribution >= 4 is 63.2 Å². The number of nitrogens with one attached hydrogen (secondary N) is 2. The summed E-state index contributed by atoms with van der Waals surface area (Å²) < 4.78 is 5.81. The lowest BCUT2D eigenvalue weighted by Crippen LogP contribution is -2.34. The van der Waals surface area contributed by atoms with E-state index in [9.17, 15) is 4.79 Å². The smallest absolute Gasteiger partial charge is 0.257 e. The highest BCUT2D eigenvalue weighted by atomic mass is 35.5. The summed E-state index contributed by atoms with van der Waals surface area (Å²) in [6.07, 6.45) is 0.914. The van der Waals surface area contributed by atoms with E-state index in [0.29, 0.717) is 38.3 Å². The van der Waals surface area contributed by atoms with E-state index >= 15 is 0 Å². The highest BCUT2D eigenvalue weighted by Crippen LogP contribution is 2.32. The fourth-order valence-corrected chi connectivity index (χ4v) is 3.77. The number of halogens is 2. The van der Waals surface area contributed by atoms with Crippen LogP contribution < -0.4 is 10.6 Å². The standard InChI is InChI=1S/C23H17Cl2N3O2S/c1-2-13-6-8-14(9-7-13)21(29)28-23(31)26-17-5-3-4-15(10-17)22-27-19-12-16(24)11-18(25)20(19)30-22/h3-12H,2H2,1H3,(H2,26,28,29,31). The van der Waals surface area contributed by atoms with Crippen molar-refractivity contribution in [1.29, 1.82) is 0 Å². The molecule has 1 heterocycles. The van der Waals surface area contributed by atoms with Gasteiger partial charge in [0.2, 0.25) is 5.89 Å². The average Bonchev–Trinajstić information content (AvgIpc) is 3.18. The van der Waals surface area contributed by atoms with Gasteiger partial charge in [-0.05, 0) is 66.7 Å². The Morgan fingerprint density at radius 3 is 2.61 bits per heavy atom. The van der Waals surface area contributed by atoms with Crippen molar-refractivity contribution in [3.63, 3.8) is 0 Å². The summed E-state index contributed by atoms with van der Waals surface area (Å²) in [5.41, 5.74) is 4.14. The van der Waals surface area contributed by atoms with Crippen LogP contribution in [0.15, 0.2) is 65.1 Å². The Labute approximate surface area is 194 Å². The highest BCUT2D eigenvalue weighted by molar-refractivity contribution is 7.80. The van der Waals surface area contributed by atoms with Crippen molar-refractivity contribution in [1.82, 2.24) is 10.3 Å². The van der Waals surface area contributed by atoms with Gasteiger partial charge in [-0.15, -0.1) is 0 Å². The number of nitrogens with zero attached hydrogens (tertiary/aromatic N) is 1. The number of rotatable bonds is 4. The predicted molar refractivity (Wildman–Crippen MR) is 129 cm³/mol. The van der Waals surface area contributed by atoms with Gasteiger partial charge in [-0.2, -0.15) is 0 Å². The van der Waals surface area contributed by atoms with Crippen molar-refractivity contribution in [3.8, 4) is 11.5 Å². The van der Waals surface area contributed by atoms with Crippen LogP contribution in [0.3, 0.4) is 0 Å². The lowest BCUT2D eigenvalue weighted by Gasteiger charge is -2.10. The van der Waals surface area contributed by atoms with E-state index in [4.69, 9.17) is 39.8 Å². The third kappa shape index (κ3) is 4.88. The summed E-state index contributed by atoms with van der Waals surface area (Å²) in [5.74, 6) is 0.121. The maximum Gasteiger partial charge on any atom is 0.257 e. The van der Waals surface area contributed by atoms with Crippen LogP contribution in [0.1, 0.15) is 22.8 Å². The molecule has 5 nitrogen and oxygen atoms in total. The van der Waals surface area contributed by atoms with Gasteiger partial charge in [-0.1, -0.05) is 48.3 Å². The van der Waals surface area contributed by atoms with E-state index in [2.05, 4.69) is 22.5 Å². The van der Waals surface area contributed by atoms with Crippen LogP contribution in [0.5, 0.6) is 0 Å². The highest BCUT2D eigenvalue weighted by Gasteiger charge is 2.13. The van der Waals surface area contributed by atoms with Crippen molar-refractivity contribution in [2.45, 2.75) is 13.3 Å². The maximum absolute atomic E-state index is 12.4. The second-order valence-electron chi connectivity index (χ2n) is 6.79. The van der Waals surface area contributed by atoms with Crippen LogP contribution in [-0.2, 0) is 6.42 Å². The third-order valence-corrected chi connectivity index (χ3v) is 5.33. The van der Waals surface area contributed by atoms with Gasteiger partial charge in [0.25, 0.3) is 5.91 Å². The first-order valence-corrected chi connectivity index (χ1v) is 10.7. The van der Waals surface area contributed by atoms with Crippen molar-refractivity contribution in [2.75, 3.05) is 5.32 Å². The van der Waals surface area contributed by atoms with Crippen molar-refractivity contribution in [3.05, 3.63) is 81.8 Å². The molecule has 2 N–H and O–H groups in total. The second kappa shape index (κ2) is 9.06. The zero-order valence-corrected chi connectivity index (χ0v) is 18.7. The molecule has 4 rings (SSSR count). The summed E-state index contributed by atoms with van der Waals surface area (Å²) >= 11 is 17.5. The van der Waals surface area contributed by atoms with E-state index in [1.807, 2.05) is 36.4 Å². The first-order valence-electron chi connectivity index (χ1n) is 9.50. The molecule has 0 radical (unpaired) electrons. The van der Waals surface area contributed by atoms with Crippen LogP contribution in [0.2, 0.25) is 10.0 Å². The minimum atomic E-state index is -0.276. The summed E-state index contributed by atoms with van der Waals surface area (Å²) in [4.78, 5) is 16.9. The van der Waals surface area contributed by atoms with E-state index in [0.717, 1.165) is 17.5 Å². The van der Waals surface area contributed by atoms with Gasteiger partial charge >= 0.3 is 0 Å². The first-order chi connectivity index (χ1) is 14.9. The van der Waals surface area contributed by atoms with Crippen molar-refractivity contribution in [2.24, 2.45) is 0 Å². The number of oxazole rings is 1. The fourth-order valence-electron chi connectivity index (χ4n) is 3.04. The Morgan fingerprint density at radius 1 is 1.10 bits per heavy atom. The number of aryl methyl sites for hydroxylation is 1. The molecule has 0 unspecified atom stereocenters. The Bertz CT molecular complexity index is 1290. The molecular formula is C23H17Cl2N3O2S. The Morgan fingerprint density at radius 2 is 1.87 bits per heavy atom.